The van der Waals surface area contributed by atoms with Crippen molar-refractivity contribution in [1.82, 2.24) is 4.57 Å². The van der Waals surface area contributed by atoms with Crippen LogP contribution in [0, 0.1) is 10.1 Å². The van der Waals surface area contributed by atoms with E-state index in [1.54, 1.807) is 24.3 Å². The molecular formula is C15H15N3O5. The summed E-state index contributed by atoms with van der Waals surface area (Å²) in [4.78, 5) is 33.7. The van der Waals surface area contributed by atoms with Gasteiger partial charge in [0.25, 0.3) is 11.2 Å². The van der Waals surface area contributed by atoms with E-state index in [2.05, 4.69) is 5.32 Å². The standard InChI is InChI=1S/C15H15N3O5/c1-2-23-13-6-3-11(4-7-13)16-14(19)10-17-9-12(18(21)22)5-8-15(17)20/h3-9H,2,10H2,1H3,(H,16,19). The summed E-state index contributed by atoms with van der Waals surface area (Å²) in [5, 5.41) is 13.3. The summed E-state index contributed by atoms with van der Waals surface area (Å²) in [5.74, 6) is 0.220. The van der Waals surface area contributed by atoms with Gasteiger partial charge in [0.15, 0.2) is 0 Å². The van der Waals surface area contributed by atoms with E-state index >= 15 is 0 Å². The Balaban J connectivity index is 2.06. The molecule has 2 aromatic rings. The minimum Gasteiger partial charge on any atom is -0.494 e. The molecule has 0 aliphatic carbocycles. The van der Waals surface area contributed by atoms with E-state index in [0.717, 1.165) is 22.9 Å². The number of nitrogens with zero attached hydrogens (tertiary/aromatic N) is 2. The number of anilines is 1. The number of aromatic nitrogens is 1. The number of hydrogen-bond acceptors (Lipinski definition) is 5. The molecule has 0 atom stereocenters. The van der Waals surface area contributed by atoms with Gasteiger partial charge in [-0.15, -0.1) is 0 Å². The summed E-state index contributed by atoms with van der Waals surface area (Å²) in [6, 6.07) is 8.90. The lowest BCUT2D eigenvalue weighted by atomic mass is 10.3. The smallest absolute Gasteiger partial charge is 0.285 e. The summed E-state index contributed by atoms with van der Waals surface area (Å²) in [5.41, 5.74) is -0.201. The number of benzene rings is 1. The maximum Gasteiger partial charge on any atom is 0.285 e. The van der Waals surface area contributed by atoms with Crippen molar-refractivity contribution in [3.8, 4) is 5.75 Å². The van der Waals surface area contributed by atoms with Gasteiger partial charge in [-0.05, 0) is 31.2 Å². The zero-order chi connectivity index (χ0) is 16.8. The molecule has 0 unspecified atom stereocenters. The maximum atomic E-state index is 12.0. The van der Waals surface area contributed by atoms with E-state index in [9.17, 15) is 19.7 Å². The molecule has 8 nitrogen and oxygen atoms in total. The van der Waals surface area contributed by atoms with Crippen LogP contribution in [-0.4, -0.2) is 22.0 Å². The van der Waals surface area contributed by atoms with Gasteiger partial charge in [-0.25, -0.2) is 0 Å². The molecule has 1 amide bonds. The Morgan fingerprint density at radius 1 is 1.26 bits per heavy atom. The summed E-state index contributed by atoms with van der Waals surface area (Å²) in [6.07, 6.45) is 1.04. The van der Waals surface area contributed by atoms with Crippen molar-refractivity contribution < 1.29 is 14.5 Å². The van der Waals surface area contributed by atoms with Gasteiger partial charge in [0.1, 0.15) is 12.3 Å². The number of carbonyl (C=O) groups excluding carboxylic acids is 1. The molecular weight excluding hydrogens is 302 g/mol. The molecule has 0 saturated heterocycles. The van der Waals surface area contributed by atoms with E-state index in [4.69, 9.17) is 4.74 Å². The second-order valence-corrected chi connectivity index (χ2v) is 4.62. The monoisotopic (exact) mass is 317 g/mol. The molecule has 0 saturated carbocycles. The number of hydrogen-bond donors (Lipinski definition) is 1. The van der Waals surface area contributed by atoms with Crippen LogP contribution in [0.2, 0.25) is 0 Å². The Morgan fingerprint density at radius 2 is 1.96 bits per heavy atom. The fraction of sp³-hybridized carbons (Fsp3) is 0.200. The van der Waals surface area contributed by atoms with Gasteiger partial charge in [0.05, 0.1) is 17.7 Å². The third kappa shape index (κ3) is 4.40. The molecule has 23 heavy (non-hydrogen) atoms. The number of amides is 1. The molecule has 0 radical (unpaired) electrons. The number of nitrogens with one attached hydrogen (secondary N) is 1. The van der Waals surface area contributed by atoms with Crippen molar-refractivity contribution in [2.75, 3.05) is 11.9 Å². The number of carbonyl (C=O) groups is 1. The van der Waals surface area contributed by atoms with Crippen LogP contribution in [0.5, 0.6) is 5.75 Å². The molecule has 2 rings (SSSR count). The van der Waals surface area contributed by atoms with Gasteiger partial charge in [-0.2, -0.15) is 0 Å². The van der Waals surface area contributed by atoms with E-state index in [-0.39, 0.29) is 12.2 Å². The van der Waals surface area contributed by atoms with Crippen molar-refractivity contribution >= 4 is 17.3 Å². The Hall–Kier alpha value is -3.16. The molecule has 1 aromatic carbocycles. The van der Waals surface area contributed by atoms with Gasteiger partial charge >= 0.3 is 0 Å². The molecule has 0 bridgehead atoms. The predicted molar refractivity (Wildman–Crippen MR) is 83.6 cm³/mol. The quantitative estimate of drug-likeness (QED) is 0.646. The first-order valence-electron chi connectivity index (χ1n) is 6.87. The molecule has 0 fully saturated rings. The lowest BCUT2D eigenvalue weighted by Gasteiger charge is -2.08. The van der Waals surface area contributed by atoms with E-state index in [1.807, 2.05) is 6.92 Å². The summed E-state index contributed by atoms with van der Waals surface area (Å²) in [6.45, 7) is 2.10. The average Bonchev–Trinajstić information content (AvgIpc) is 2.51. The first-order chi connectivity index (χ1) is 11.0. The molecule has 120 valence electrons. The normalized spacial score (nSPS) is 10.1. The fourth-order valence-electron chi connectivity index (χ4n) is 1.91. The van der Waals surface area contributed by atoms with Crippen molar-refractivity contribution in [2.45, 2.75) is 13.5 Å². The Kier molecular flexibility index (Phi) is 5.08. The van der Waals surface area contributed by atoms with Gasteiger partial charge in [0, 0.05) is 17.8 Å². The van der Waals surface area contributed by atoms with Crippen LogP contribution < -0.4 is 15.6 Å². The highest BCUT2D eigenvalue weighted by Crippen LogP contribution is 2.15. The van der Waals surface area contributed by atoms with Gasteiger partial charge in [0.2, 0.25) is 5.91 Å². The molecule has 1 heterocycles. The Morgan fingerprint density at radius 3 is 2.57 bits per heavy atom. The molecule has 1 N–H and O–H groups in total. The average molecular weight is 317 g/mol. The van der Waals surface area contributed by atoms with Crippen LogP contribution >= 0.6 is 0 Å². The first kappa shape index (κ1) is 16.2. The number of pyridine rings is 1. The van der Waals surface area contributed by atoms with Crippen LogP contribution in [0.4, 0.5) is 11.4 Å². The lowest BCUT2D eigenvalue weighted by molar-refractivity contribution is -0.385. The summed E-state index contributed by atoms with van der Waals surface area (Å²) < 4.78 is 6.28. The largest absolute Gasteiger partial charge is 0.494 e. The maximum absolute atomic E-state index is 12.0. The molecule has 0 aliphatic rings. The number of rotatable bonds is 6. The fourth-order valence-corrected chi connectivity index (χ4v) is 1.91. The van der Waals surface area contributed by atoms with E-state index < -0.39 is 16.4 Å². The van der Waals surface area contributed by atoms with E-state index in [0.29, 0.717) is 18.0 Å². The molecule has 0 spiro atoms. The molecule has 1 aromatic heterocycles. The third-order valence-electron chi connectivity index (χ3n) is 2.94. The van der Waals surface area contributed by atoms with Crippen LogP contribution in [0.15, 0.2) is 47.4 Å². The SMILES string of the molecule is CCOc1ccc(NC(=O)Cn2cc([N+](=O)[O-])ccc2=O)cc1. The zero-order valence-electron chi connectivity index (χ0n) is 12.4. The van der Waals surface area contributed by atoms with Crippen molar-refractivity contribution in [3.05, 3.63) is 63.1 Å². The highest BCUT2D eigenvalue weighted by Gasteiger charge is 2.10. The van der Waals surface area contributed by atoms with Crippen LogP contribution in [0.1, 0.15) is 6.92 Å². The Bertz CT molecular complexity index is 767. The third-order valence-corrected chi connectivity index (χ3v) is 2.94. The second kappa shape index (κ2) is 7.21. The second-order valence-electron chi connectivity index (χ2n) is 4.62. The first-order valence-corrected chi connectivity index (χ1v) is 6.87. The highest BCUT2D eigenvalue weighted by molar-refractivity contribution is 5.90. The predicted octanol–water partition coefficient (Wildman–Crippen LogP) is 1.79. The summed E-state index contributed by atoms with van der Waals surface area (Å²) in [7, 11) is 0. The topological polar surface area (TPSA) is 103 Å². The lowest BCUT2D eigenvalue weighted by Crippen LogP contribution is -2.26. The minimum atomic E-state index is -0.625. The molecule has 0 aliphatic heterocycles. The van der Waals surface area contributed by atoms with Crippen molar-refractivity contribution in [1.29, 1.82) is 0 Å². The van der Waals surface area contributed by atoms with Crippen molar-refractivity contribution in [2.24, 2.45) is 0 Å². The highest BCUT2D eigenvalue weighted by atomic mass is 16.6. The molecule has 8 heteroatoms. The zero-order valence-corrected chi connectivity index (χ0v) is 12.4. The van der Waals surface area contributed by atoms with Crippen molar-refractivity contribution in [3.63, 3.8) is 0 Å². The van der Waals surface area contributed by atoms with E-state index in [1.165, 1.54) is 0 Å². The van der Waals surface area contributed by atoms with Crippen LogP contribution in [-0.2, 0) is 11.3 Å². The van der Waals surface area contributed by atoms with Crippen LogP contribution in [0.25, 0.3) is 0 Å². The number of ether oxygens (including phenoxy) is 1. The minimum absolute atomic E-state index is 0.251. The van der Waals surface area contributed by atoms with Gasteiger partial charge in [-0.1, -0.05) is 0 Å². The summed E-state index contributed by atoms with van der Waals surface area (Å²) >= 11 is 0. The van der Waals surface area contributed by atoms with Gasteiger partial charge in [-0.3, -0.25) is 24.3 Å². The van der Waals surface area contributed by atoms with Gasteiger partial charge < -0.3 is 10.1 Å². The Labute approximate surface area is 131 Å². The van der Waals surface area contributed by atoms with Crippen LogP contribution in [0.3, 0.4) is 0 Å². The number of nitro groups is 1.